The van der Waals surface area contributed by atoms with Gasteiger partial charge in [-0.25, -0.2) is 4.99 Å². The van der Waals surface area contributed by atoms with Gasteiger partial charge in [-0.2, -0.15) is 0 Å². The minimum Gasteiger partial charge on any atom is -0.456 e. The van der Waals surface area contributed by atoms with E-state index in [9.17, 15) is 0 Å². The summed E-state index contributed by atoms with van der Waals surface area (Å²) in [6.07, 6.45) is 26.0. The molecule has 5 aromatic rings. The van der Waals surface area contributed by atoms with Crippen molar-refractivity contribution < 1.29 is 9.15 Å². The zero-order chi connectivity index (χ0) is 40.1. The van der Waals surface area contributed by atoms with Crippen molar-refractivity contribution in [1.82, 2.24) is 10.2 Å². The summed E-state index contributed by atoms with van der Waals surface area (Å²) in [7, 11) is 2.17. The van der Waals surface area contributed by atoms with Gasteiger partial charge in [0, 0.05) is 47.8 Å². The molecule has 0 amide bonds. The summed E-state index contributed by atoms with van der Waals surface area (Å²) in [5.74, 6) is 2.07. The fraction of sp³-hybridized carbons (Fsp3) is 0.278. The lowest BCUT2D eigenvalue weighted by Crippen LogP contribution is -2.48. The number of allylic oxidation sites excluding steroid dienone is 7. The van der Waals surface area contributed by atoms with E-state index in [4.69, 9.17) is 14.1 Å². The van der Waals surface area contributed by atoms with Crippen LogP contribution in [0.25, 0.3) is 27.5 Å². The van der Waals surface area contributed by atoms with Crippen molar-refractivity contribution in [2.24, 2.45) is 28.2 Å². The molecular weight excluding hydrogens is 737 g/mol. The zero-order valence-corrected chi connectivity index (χ0v) is 34.4. The summed E-state index contributed by atoms with van der Waals surface area (Å²) in [6, 6.07) is 35.1. The van der Waals surface area contributed by atoms with Gasteiger partial charge >= 0.3 is 0 Å². The molecule has 298 valence electrons. The van der Waals surface area contributed by atoms with E-state index in [1.165, 1.54) is 44.6 Å². The molecule has 12 rings (SSSR count). The summed E-state index contributed by atoms with van der Waals surface area (Å²) < 4.78 is 13.7. The van der Waals surface area contributed by atoms with Crippen LogP contribution >= 0.6 is 0 Å². The molecule has 0 spiro atoms. The van der Waals surface area contributed by atoms with E-state index in [1.54, 1.807) is 0 Å². The molecule has 0 saturated carbocycles. The summed E-state index contributed by atoms with van der Waals surface area (Å²) in [5, 5.41) is 6.23. The Morgan fingerprint density at radius 3 is 2.58 bits per heavy atom. The minimum absolute atomic E-state index is 0.0499. The van der Waals surface area contributed by atoms with Gasteiger partial charge in [0.05, 0.1) is 23.3 Å². The van der Waals surface area contributed by atoms with Crippen molar-refractivity contribution in [3.63, 3.8) is 0 Å². The highest BCUT2D eigenvalue weighted by molar-refractivity contribution is 6.12. The Hall–Kier alpha value is -5.95. The van der Waals surface area contributed by atoms with Gasteiger partial charge in [-0.3, -0.25) is 5.32 Å². The molecule has 9 atom stereocenters. The molecule has 1 fully saturated rings. The van der Waals surface area contributed by atoms with Crippen LogP contribution in [0.5, 0.6) is 0 Å². The first-order valence-electron chi connectivity index (χ1n) is 21.9. The van der Waals surface area contributed by atoms with Crippen LogP contribution in [0.3, 0.4) is 0 Å². The third kappa shape index (κ3) is 5.57. The Balaban J connectivity index is 0.944. The number of hydrogen-bond donors (Lipinski definition) is 1. The first-order valence-corrected chi connectivity index (χ1v) is 21.9. The molecular formula is C54H50N4O2. The van der Waals surface area contributed by atoms with Crippen LogP contribution in [0.4, 0.5) is 5.69 Å². The number of fused-ring (bicyclic) bond motifs is 8. The van der Waals surface area contributed by atoms with Gasteiger partial charge in [0.2, 0.25) is 0 Å². The van der Waals surface area contributed by atoms with Crippen molar-refractivity contribution in [3.05, 3.63) is 191 Å². The van der Waals surface area contributed by atoms with Crippen molar-refractivity contribution in [2.45, 2.75) is 63.7 Å². The Morgan fingerprint density at radius 2 is 1.72 bits per heavy atom. The van der Waals surface area contributed by atoms with E-state index in [2.05, 4.69) is 194 Å². The molecule has 60 heavy (non-hydrogen) atoms. The second-order valence-electron chi connectivity index (χ2n) is 18.1. The summed E-state index contributed by atoms with van der Waals surface area (Å²) in [6.45, 7) is 4.71. The molecule has 0 bridgehead atoms. The van der Waals surface area contributed by atoms with Gasteiger partial charge in [0.15, 0.2) is 0 Å². The van der Waals surface area contributed by atoms with Gasteiger partial charge < -0.3 is 19.0 Å². The molecule has 4 aromatic carbocycles. The van der Waals surface area contributed by atoms with Gasteiger partial charge in [0.25, 0.3) is 0 Å². The van der Waals surface area contributed by atoms with Crippen LogP contribution in [0.15, 0.2) is 184 Å². The largest absolute Gasteiger partial charge is 0.456 e. The number of rotatable bonds is 5. The van der Waals surface area contributed by atoms with E-state index in [1.807, 2.05) is 0 Å². The first kappa shape index (κ1) is 35.9. The molecule has 1 aromatic heterocycles. The molecule has 0 radical (unpaired) electrons. The molecule has 9 unspecified atom stereocenters. The molecule has 7 aliphatic rings. The van der Waals surface area contributed by atoms with Crippen LogP contribution in [0.2, 0.25) is 0 Å². The Morgan fingerprint density at radius 1 is 0.867 bits per heavy atom. The number of ether oxygens (including phenoxy) is 1. The number of furan rings is 1. The Bertz CT molecular complexity index is 2800. The number of nitrogens with one attached hydrogen (secondary N) is 1. The van der Waals surface area contributed by atoms with Crippen molar-refractivity contribution in [1.29, 1.82) is 0 Å². The molecule has 1 saturated heterocycles. The quantitative estimate of drug-likeness (QED) is 0.180. The summed E-state index contributed by atoms with van der Waals surface area (Å²) >= 11 is 0. The average molecular weight is 787 g/mol. The second kappa shape index (κ2) is 13.8. The number of hydrogen-bond acceptors (Lipinski definition) is 6. The lowest BCUT2D eigenvalue weighted by atomic mass is 9.71. The van der Waals surface area contributed by atoms with E-state index >= 15 is 0 Å². The highest BCUT2D eigenvalue weighted by atomic mass is 16.5. The SMILES string of the molecule is CC1C=CC2C3=C(CC4OC5C=CC=CC5(C)C4=C3)N(c3cccc4oc5cc(C6N=C(C7C=C(c8ccccc8)C=CC7)N(C)C(c7ccccc7)N6)ccc5c34)C2C1. The highest BCUT2D eigenvalue weighted by Crippen LogP contribution is 2.56. The van der Waals surface area contributed by atoms with Gasteiger partial charge in [-0.1, -0.05) is 147 Å². The number of anilines is 1. The summed E-state index contributed by atoms with van der Waals surface area (Å²) in [4.78, 5) is 10.5. The maximum absolute atomic E-state index is 6.85. The highest BCUT2D eigenvalue weighted by Gasteiger charge is 2.52. The third-order valence-corrected chi connectivity index (χ3v) is 14.4. The molecule has 1 N–H and O–H groups in total. The monoisotopic (exact) mass is 786 g/mol. The number of benzene rings is 4. The molecule has 3 aliphatic heterocycles. The standard InChI is InChI=1S/C54H50N4O2/c1-33-23-25-39-41-31-42-48(60-49-22-10-11-27-54(42,49)2)32-45(41)58(44(39)28-33)43-20-13-21-46-50(43)40-26-24-37(30-47(40)59-46)51-55-52(35-16-8-5-9-17-35)57(3)53(56-51)38-19-12-18-36(29-38)34-14-6-4-7-15-34/h4-18,20-27,29-31,33,38-39,44,48-49,51-52,55H,19,28,32H2,1-3H3. The second-order valence-corrected chi connectivity index (χ2v) is 18.1. The van der Waals surface area contributed by atoms with Crippen molar-refractivity contribution >= 4 is 39.0 Å². The van der Waals surface area contributed by atoms with Crippen LogP contribution in [-0.4, -0.2) is 36.0 Å². The molecule has 6 nitrogen and oxygen atoms in total. The maximum Gasteiger partial charge on any atom is 0.137 e. The molecule has 4 aliphatic carbocycles. The van der Waals surface area contributed by atoms with Gasteiger partial charge in [-0.15, -0.1) is 0 Å². The topological polar surface area (TPSA) is 53.2 Å². The normalized spacial score (nSPS) is 31.6. The van der Waals surface area contributed by atoms with Crippen LogP contribution in [0.1, 0.15) is 62.1 Å². The van der Waals surface area contributed by atoms with Crippen molar-refractivity contribution in [3.8, 4) is 0 Å². The number of amidine groups is 1. The fourth-order valence-electron chi connectivity index (χ4n) is 11.4. The van der Waals surface area contributed by atoms with E-state index in [0.29, 0.717) is 17.9 Å². The van der Waals surface area contributed by atoms with Gasteiger partial charge in [-0.05, 0) is 77.3 Å². The minimum atomic E-state index is -0.259. The first-order chi connectivity index (χ1) is 29.4. The van der Waals surface area contributed by atoms with Crippen molar-refractivity contribution in [2.75, 3.05) is 11.9 Å². The predicted molar refractivity (Wildman–Crippen MR) is 243 cm³/mol. The predicted octanol–water partition coefficient (Wildman–Crippen LogP) is 11.8. The zero-order valence-electron chi connectivity index (χ0n) is 34.4. The van der Waals surface area contributed by atoms with Crippen LogP contribution in [0, 0.1) is 23.2 Å². The van der Waals surface area contributed by atoms with E-state index < -0.39 is 0 Å². The molecule has 4 heterocycles. The Labute approximate surface area is 352 Å². The lowest BCUT2D eigenvalue weighted by molar-refractivity contribution is 0.0573. The lowest BCUT2D eigenvalue weighted by Gasteiger charge is -2.41. The summed E-state index contributed by atoms with van der Waals surface area (Å²) in [5.41, 5.74) is 12.0. The average Bonchev–Trinajstić information content (AvgIpc) is 3.92. The van der Waals surface area contributed by atoms with E-state index in [0.717, 1.165) is 47.2 Å². The number of aliphatic imine (C=N–C) groups is 1. The smallest absolute Gasteiger partial charge is 0.137 e. The maximum atomic E-state index is 6.85. The van der Waals surface area contributed by atoms with Crippen LogP contribution < -0.4 is 10.2 Å². The fourth-order valence-corrected chi connectivity index (χ4v) is 11.4. The number of nitrogens with zero attached hydrogens (tertiary/aromatic N) is 3. The van der Waals surface area contributed by atoms with Gasteiger partial charge in [0.1, 0.15) is 29.3 Å². The third-order valence-electron chi connectivity index (χ3n) is 14.4. The Kier molecular flexibility index (Phi) is 8.27. The van der Waals surface area contributed by atoms with E-state index in [-0.39, 0.29) is 35.9 Å². The van der Waals surface area contributed by atoms with Crippen LogP contribution in [-0.2, 0) is 4.74 Å². The molecule has 6 heteroatoms.